The van der Waals surface area contributed by atoms with Crippen molar-refractivity contribution in [2.24, 2.45) is 0 Å². The smallest absolute Gasteiger partial charge is 0.326 e. The molecule has 152 valence electrons. The Balaban J connectivity index is 1.65. The Labute approximate surface area is 169 Å². The number of aromatic nitrogens is 2. The van der Waals surface area contributed by atoms with Crippen LogP contribution in [0.15, 0.2) is 42.5 Å². The quantitative estimate of drug-likeness (QED) is 0.524. The van der Waals surface area contributed by atoms with Crippen LogP contribution in [0.4, 0.5) is 26.6 Å². The van der Waals surface area contributed by atoms with Crippen LogP contribution in [0.25, 0.3) is 10.8 Å². The highest BCUT2D eigenvalue weighted by Gasteiger charge is 2.13. The van der Waals surface area contributed by atoms with E-state index in [1.807, 2.05) is 61.5 Å². The summed E-state index contributed by atoms with van der Waals surface area (Å²) in [6.45, 7) is 2.97. The summed E-state index contributed by atoms with van der Waals surface area (Å²) in [5, 5.41) is 10.4. The topological polar surface area (TPSA) is 82.2 Å². The fraction of sp³-hybridized carbons (Fsp3) is 0.286. The summed E-state index contributed by atoms with van der Waals surface area (Å²) in [4.78, 5) is 22.5. The molecule has 0 saturated carbocycles. The predicted octanol–water partition coefficient (Wildman–Crippen LogP) is 4.08. The van der Waals surface area contributed by atoms with E-state index in [0.29, 0.717) is 12.2 Å². The molecule has 0 spiro atoms. The molecule has 0 fully saturated rings. The van der Waals surface area contributed by atoms with Gasteiger partial charge in [-0.3, -0.25) is 5.32 Å². The molecular weight excluding hydrogens is 371 g/mol. The molecule has 3 aromatic rings. The van der Waals surface area contributed by atoms with Crippen LogP contribution >= 0.6 is 0 Å². The van der Waals surface area contributed by atoms with Gasteiger partial charge in [0.1, 0.15) is 0 Å². The van der Waals surface area contributed by atoms with Crippen LogP contribution in [0.3, 0.4) is 0 Å². The summed E-state index contributed by atoms with van der Waals surface area (Å²) >= 11 is 0. The van der Waals surface area contributed by atoms with Crippen LogP contribution in [-0.2, 0) is 0 Å². The third-order valence-electron chi connectivity index (χ3n) is 4.32. The summed E-state index contributed by atoms with van der Waals surface area (Å²) in [5.41, 5.74) is 0.804. The van der Waals surface area contributed by atoms with Gasteiger partial charge < -0.3 is 15.5 Å². The summed E-state index contributed by atoms with van der Waals surface area (Å²) in [6, 6.07) is 13.0. The molecule has 0 unspecified atom stereocenters. The lowest BCUT2D eigenvalue weighted by molar-refractivity contribution is 0.262. The van der Waals surface area contributed by atoms with Crippen molar-refractivity contribution in [1.29, 1.82) is 0 Å². The molecule has 0 saturated heterocycles. The lowest BCUT2D eigenvalue weighted by atomic mass is 10.1. The van der Waals surface area contributed by atoms with Crippen molar-refractivity contribution in [3.8, 4) is 0 Å². The zero-order chi connectivity index (χ0) is 20.8. The van der Waals surface area contributed by atoms with Crippen molar-refractivity contribution >= 4 is 34.3 Å². The maximum Gasteiger partial charge on any atom is 0.326 e. The standard InChI is InChI=1S/C21H25FN6O/c1-14-18(22)19(23-11-6-12-28(2)3)26-20(24-14)27-21(29)25-17-10-9-15-7-4-5-8-16(15)13-17/h4-5,7-10,13H,6,11-12H2,1-3H3,(H3,23,24,25,26,27,29). The molecule has 0 atom stereocenters. The molecule has 8 heteroatoms. The number of benzene rings is 2. The zero-order valence-corrected chi connectivity index (χ0v) is 16.8. The Morgan fingerprint density at radius 1 is 1.07 bits per heavy atom. The first-order chi connectivity index (χ1) is 13.9. The molecule has 0 bridgehead atoms. The van der Waals surface area contributed by atoms with Crippen LogP contribution in [0.5, 0.6) is 0 Å². The first kappa shape index (κ1) is 20.5. The van der Waals surface area contributed by atoms with E-state index >= 15 is 0 Å². The minimum absolute atomic E-state index is 0.0392. The highest BCUT2D eigenvalue weighted by molar-refractivity contribution is 6.00. The molecular formula is C21H25FN6O. The van der Waals surface area contributed by atoms with Crippen molar-refractivity contribution in [2.75, 3.05) is 43.1 Å². The summed E-state index contributed by atoms with van der Waals surface area (Å²) < 4.78 is 14.3. The minimum atomic E-state index is -0.518. The predicted molar refractivity (Wildman–Crippen MR) is 115 cm³/mol. The van der Waals surface area contributed by atoms with Crippen LogP contribution in [0.1, 0.15) is 12.1 Å². The van der Waals surface area contributed by atoms with Crippen molar-refractivity contribution in [3.63, 3.8) is 0 Å². The fourth-order valence-electron chi connectivity index (χ4n) is 2.87. The number of anilines is 3. The van der Waals surface area contributed by atoms with E-state index in [0.717, 1.165) is 23.7 Å². The van der Waals surface area contributed by atoms with Crippen molar-refractivity contribution in [2.45, 2.75) is 13.3 Å². The number of rotatable bonds is 7. The van der Waals surface area contributed by atoms with Gasteiger partial charge in [-0.1, -0.05) is 30.3 Å². The number of hydrogen-bond acceptors (Lipinski definition) is 5. The number of aryl methyl sites for hydroxylation is 1. The Hall–Kier alpha value is -3.26. The van der Waals surface area contributed by atoms with E-state index in [9.17, 15) is 9.18 Å². The van der Waals surface area contributed by atoms with Crippen LogP contribution in [-0.4, -0.2) is 48.1 Å². The molecule has 0 aliphatic rings. The van der Waals surface area contributed by atoms with Crippen molar-refractivity contribution < 1.29 is 9.18 Å². The Bertz CT molecular complexity index is 1010. The molecule has 3 N–H and O–H groups in total. The normalized spacial score (nSPS) is 10.9. The molecule has 7 nitrogen and oxygen atoms in total. The van der Waals surface area contributed by atoms with E-state index < -0.39 is 11.8 Å². The molecule has 2 amide bonds. The summed E-state index contributed by atoms with van der Waals surface area (Å²) in [6.07, 6.45) is 0.834. The minimum Gasteiger partial charge on any atom is -0.367 e. The van der Waals surface area contributed by atoms with Gasteiger partial charge in [0.05, 0.1) is 5.69 Å². The lowest BCUT2D eigenvalue weighted by Crippen LogP contribution is -2.22. The van der Waals surface area contributed by atoms with Gasteiger partial charge in [-0.2, -0.15) is 4.98 Å². The van der Waals surface area contributed by atoms with Gasteiger partial charge >= 0.3 is 6.03 Å². The van der Waals surface area contributed by atoms with Gasteiger partial charge in [-0.25, -0.2) is 14.2 Å². The summed E-state index contributed by atoms with van der Waals surface area (Å²) in [7, 11) is 3.96. The molecule has 0 aliphatic carbocycles. The van der Waals surface area contributed by atoms with Gasteiger partial charge in [-0.15, -0.1) is 0 Å². The zero-order valence-electron chi connectivity index (χ0n) is 16.8. The van der Waals surface area contributed by atoms with E-state index in [1.54, 1.807) is 0 Å². The maximum atomic E-state index is 14.3. The number of nitrogens with zero attached hydrogens (tertiary/aromatic N) is 3. The van der Waals surface area contributed by atoms with E-state index in [-0.39, 0.29) is 17.5 Å². The first-order valence-corrected chi connectivity index (χ1v) is 9.42. The third-order valence-corrected chi connectivity index (χ3v) is 4.32. The van der Waals surface area contributed by atoms with Crippen LogP contribution in [0, 0.1) is 12.7 Å². The Morgan fingerprint density at radius 2 is 1.83 bits per heavy atom. The van der Waals surface area contributed by atoms with Gasteiger partial charge in [0, 0.05) is 12.2 Å². The lowest BCUT2D eigenvalue weighted by Gasteiger charge is -2.13. The monoisotopic (exact) mass is 396 g/mol. The van der Waals surface area contributed by atoms with Gasteiger partial charge in [-0.05, 0) is 56.9 Å². The largest absolute Gasteiger partial charge is 0.367 e. The molecule has 1 aromatic heterocycles. The first-order valence-electron chi connectivity index (χ1n) is 9.42. The number of fused-ring (bicyclic) bond motifs is 1. The maximum absolute atomic E-state index is 14.3. The Morgan fingerprint density at radius 3 is 2.59 bits per heavy atom. The van der Waals surface area contributed by atoms with Crippen LogP contribution in [0.2, 0.25) is 0 Å². The molecule has 3 rings (SSSR count). The number of halogens is 1. The SMILES string of the molecule is Cc1nc(NC(=O)Nc2ccc3ccccc3c2)nc(NCCCN(C)C)c1F. The molecule has 0 radical (unpaired) electrons. The second-order valence-corrected chi connectivity index (χ2v) is 7.02. The number of nitrogens with one attached hydrogen (secondary N) is 3. The van der Waals surface area contributed by atoms with Gasteiger partial charge in [0.25, 0.3) is 0 Å². The van der Waals surface area contributed by atoms with Crippen LogP contribution < -0.4 is 16.0 Å². The van der Waals surface area contributed by atoms with E-state index in [1.165, 1.54) is 6.92 Å². The average molecular weight is 396 g/mol. The average Bonchev–Trinajstić information content (AvgIpc) is 2.68. The number of amides is 2. The van der Waals surface area contributed by atoms with E-state index in [2.05, 4.69) is 25.9 Å². The number of carbonyl (C=O) groups excluding carboxylic acids is 1. The molecule has 1 heterocycles. The third kappa shape index (κ3) is 5.61. The van der Waals surface area contributed by atoms with Gasteiger partial charge in [0.15, 0.2) is 11.6 Å². The Kier molecular flexibility index (Phi) is 6.56. The number of carbonyl (C=O) groups is 1. The molecule has 0 aliphatic heterocycles. The number of hydrogen-bond donors (Lipinski definition) is 3. The van der Waals surface area contributed by atoms with Crippen molar-refractivity contribution in [1.82, 2.24) is 14.9 Å². The van der Waals surface area contributed by atoms with Gasteiger partial charge in [0.2, 0.25) is 5.95 Å². The highest BCUT2D eigenvalue weighted by Crippen LogP contribution is 2.20. The second-order valence-electron chi connectivity index (χ2n) is 7.02. The highest BCUT2D eigenvalue weighted by atomic mass is 19.1. The van der Waals surface area contributed by atoms with E-state index in [4.69, 9.17) is 0 Å². The van der Waals surface area contributed by atoms with Crippen molar-refractivity contribution in [3.05, 3.63) is 54.0 Å². The summed E-state index contributed by atoms with van der Waals surface area (Å²) in [5.74, 6) is -0.398. The number of urea groups is 1. The fourth-order valence-corrected chi connectivity index (χ4v) is 2.87. The second kappa shape index (κ2) is 9.29. The molecule has 2 aromatic carbocycles. The molecule has 29 heavy (non-hydrogen) atoms.